The van der Waals surface area contributed by atoms with Crippen molar-refractivity contribution in [2.75, 3.05) is 23.6 Å². The van der Waals surface area contributed by atoms with Gasteiger partial charge < -0.3 is 11.1 Å². The molecular formula is C18H19Cl2F3N2O5S2. The smallest absolute Gasteiger partial charge is 0.397 e. The first-order valence-electron chi connectivity index (χ1n) is 8.44. The van der Waals surface area contributed by atoms with Gasteiger partial charge >= 0.3 is 12.1 Å². The summed E-state index contributed by atoms with van der Waals surface area (Å²) in [6.07, 6.45) is -3.00. The van der Waals surface area contributed by atoms with Gasteiger partial charge in [-0.2, -0.15) is 13.2 Å². The number of carbonyl (C=O) groups excluding carboxylic acids is 1. The lowest BCUT2D eigenvalue weighted by molar-refractivity contribution is -0.167. The third-order valence-electron chi connectivity index (χ3n) is 3.57. The summed E-state index contributed by atoms with van der Waals surface area (Å²) in [5, 5.41) is 1.80. The van der Waals surface area contributed by atoms with E-state index in [9.17, 15) is 34.8 Å². The van der Waals surface area contributed by atoms with E-state index in [2.05, 4.69) is 0 Å². The normalized spacial score (nSPS) is 12.0. The molecule has 2 aromatic carbocycles. The molecule has 0 aliphatic carbocycles. The Morgan fingerprint density at radius 3 is 1.81 bits per heavy atom. The number of hydrogen-bond donors (Lipinski definition) is 2. The van der Waals surface area contributed by atoms with Crippen molar-refractivity contribution in [2.45, 2.75) is 17.7 Å². The summed E-state index contributed by atoms with van der Waals surface area (Å²) in [4.78, 5) is 10.9. The SMILES string of the molecule is CS(=O)(=O)Cc1cccc(Cl)c1N.CS(=O)(=O)Cc1cccc(Cl)c1NC(=O)C(F)(F)F. The van der Waals surface area contributed by atoms with E-state index in [4.69, 9.17) is 28.9 Å². The van der Waals surface area contributed by atoms with Gasteiger partial charge in [-0.15, -0.1) is 0 Å². The van der Waals surface area contributed by atoms with Gasteiger partial charge in [0.25, 0.3) is 0 Å². The fraction of sp³-hybridized carbons (Fsp3) is 0.278. The summed E-state index contributed by atoms with van der Waals surface area (Å²) in [6, 6.07) is 8.87. The zero-order valence-electron chi connectivity index (χ0n) is 16.7. The molecule has 2 rings (SSSR count). The molecule has 0 atom stereocenters. The van der Waals surface area contributed by atoms with Crippen molar-refractivity contribution in [1.82, 2.24) is 0 Å². The summed E-state index contributed by atoms with van der Waals surface area (Å²) >= 11 is 11.4. The lowest BCUT2D eigenvalue weighted by Crippen LogP contribution is -2.30. The number of nitrogen functional groups attached to an aromatic ring is 1. The summed E-state index contributed by atoms with van der Waals surface area (Å²) in [5.74, 6) is -2.81. The third kappa shape index (κ3) is 9.63. The zero-order valence-corrected chi connectivity index (χ0v) is 19.8. The van der Waals surface area contributed by atoms with Crippen molar-refractivity contribution in [3.05, 3.63) is 57.6 Å². The van der Waals surface area contributed by atoms with Crippen LogP contribution in [-0.4, -0.2) is 41.4 Å². The zero-order chi connectivity index (χ0) is 24.9. The highest BCUT2D eigenvalue weighted by atomic mass is 35.5. The lowest BCUT2D eigenvalue weighted by Gasteiger charge is -2.13. The molecular weight excluding hydrogens is 516 g/mol. The van der Waals surface area contributed by atoms with Crippen LogP contribution in [0.15, 0.2) is 36.4 Å². The van der Waals surface area contributed by atoms with Gasteiger partial charge in [-0.05, 0) is 23.3 Å². The number of amides is 1. The number of anilines is 2. The third-order valence-corrected chi connectivity index (χ3v) is 5.89. The van der Waals surface area contributed by atoms with Gasteiger partial charge in [0.15, 0.2) is 19.7 Å². The Morgan fingerprint density at radius 2 is 1.34 bits per heavy atom. The first-order valence-corrected chi connectivity index (χ1v) is 13.3. The second-order valence-electron chi connectivity index (χ2n) is 6.68. The van der Waals surface area contributed by atoms with Crippen LogP contribution in [-0.2, 0) is 36.0 Å². The first kappa shape index (κ1) is 28.0. The molecule has 0 aromatic heterocycles. The van der Waals surface area contributed by atoms with Crippen molar-refractivity contribution in [3.8, 4) is 0 Å². The molecule has 0 fully saturated rings. The van der Waals surface area contributed by atoms with E-state index in [0.717, 1.165) is 12.5 Å². The van der Waals surface area contributed by atoms with E-state index in [-0.39, 0.29) is 22.0 Å². The lowest BCUT2D eigenvalue weighted by atomic mass is 10.2. The number of halogens is 5. The van der Waals surface area contributed by atoms with Crippen LogP contribution in [0.4, 0.5) is 24.5 Å². The quantitative estimate of drug-likeness (QED) is 0.561. The minimum Gasteiger partial charge on any atom is -0.397 e. The Morgan fingerprint density at radius 1 is 0.906 bits per heavy atom. The van der Waals surface area contributed by atoms with Crippen LogP contribution in [0.3, 0.4) is 0 Å². The molecule has 0 aliphatic heterocycles. The van der Waals surface area contributed by atoms with Gasteiger partial charge in [0.1, 0.15) is 0 Å². The molecule has 0 bridgehead atoms. The summed E-state index contributed by atoms with van der Waals surface area (Å²) < 4.78 is 80.8. The van der Waals surface area contributed by atoms with Gasteiger partial charge in [0.2, 0.25) is 0 Å². The van der Waals surface area contributed by atoms with Gasteiger partial charge in [0, 0.05) is 12.5 Å². The van der Waals surface area contributed by atoms with Crippen molar-refractivity contribution in [2.24, 2.45) is 0 Å². The fourth-order valence-corrected chi connectivity index (χ4v) is 4.34. The average Bonchev–Trinajstić information content (AvgIpc) is 2.59. The maximum atomic E-state index is 12.2. The molecule has 0 spiro atoms. The molecule has 32 heavy (non-hydrogen) atoms. The Labute approximate surface area is 193 Å². The number of benzene rings is 2. The molecule has 14 heteroatoms. The summed E-state index contributed by atoms with van der Waals surface area (Å²) in [6.45, 7) is 0. The van der Waals surface area contributed by atoms with Gasteiger partial charge in [-0.1, -0.05) is 47.5 Å². The highest BCUT2D eigenvalue weighted by molar-refractivity contribution is 7.90. The molecule has 0 aliphatic rings. The number of para-hydroxylation sites is 2. The number of alkyl halides is 3. The minimum atomic E-state index is -5.08. The largest absolute Gasteiger partial charge is 0.471 e. The van der Waals surface area contributed by atoms with E-state index in [1.165, 1.54) is 18.2 Å². The standard InChI is InChI=1S/C10H9ClF3NO3S.C8H10ClNO2S/c1-19(17,18)5-6-3-2-4-7(11)8(6)15-9(16)10(12,13)14;1-13(11,12)5-6-3-2-4-7(9)8(6)10/h2-4H,5H2,1H3,(H,15,16);2-4H,5,10H2,1H3. The van der Waals surface area contributed by atoms with Crippen molar-refractivity contribution in [3.63, 3.8) is 0 Å². The number of nitrogens with two attached hydrogens (primary N) is 1. The summed E-state index contributed by atoms with van der Waals surface area (Å²) in [5.41, 5.74) is 6.13. The van der Waals surface area contributed by atoms with Crippen LogP contribution < -0.4 is 11.1 Å². The van der Waals surface area contributed by atoms with E-state index >= 15 is 0 Å². The molecule has 178 valence electrons. The van der Waals surface area contributed by atoms with Gasteiger partial charge in [-0.25, -0.2) is 16.8 Å². The van der Waals surface area contributed by atoms with E-state index < -0.39 is 37.5 Å². The molecule has 1 amide bonds. The predicted molar refractivity (Wildman–Crippen MR) is 119 cm³/mol. The average molecular weight is 535 g/mol. The highest BCUT2D eigenvalue weighted by Gasteiger charge is 2.39. The van der Waals surface area contributed by atoms with Crippen LogP contribution in [0.25, 0.3) is 0 Å². The van der Waals surface area contributed by atoms with E-state index in [1.54, 1.807) is 23.5 Å². The molecule has 0 heterocycles. The Balaban J connectivity index is 0.000000343. The predicted octanol–water partition coefficient (Wildman–Crippen LogP) is 3.85. The maximum Gasteiger partial charge on any atom is 0.471 e. The monoisotopic (exact) mass is 534 g/mol. The Kier molecular flexibility index (Phi) is 9.39. The molecule has 3 N–H and O–H groups in total. The second kappa shape index (κ2) is 10.7. The molecule has 0 radical (unpaired) electrons. The molecule has 7 nitrogen and oxygen atoms in total. The fourth-order valence-electron chi connectivity index (χ4n) is 2.29. The summed E-state index contributed by atoms with van der Waals surface area (Å²) in [7, 11) is -6.53. The number of rotatable bonds is 5. The van der Waals surface area contributed by atoms with Crippen LogP contribution in [0.5, 0.6) is 0 Å². The Hall–Kier alpha value is -2.02. The molecule has 0 saturated heterocycles. The number of carbonyl (C=O) groups is 1. The van der Waals surface area contributed by atoms with Crippen molar-refractivity contribution in [1.29, 1.82) is 0 Å². The molecule has 2 aromatic rings. The number of nitrogens with one attached hydrogen (secondary N) is 1. The topological polar surface area (TPSA) is 123 Å². The van der Waals surface area contributed by atoms with Gasteiger partial charge in [0.05, 0.1) is 32.9 Å². The van der Waals surface area contributed by atoms with Crippen LogP contribution in [0.1, 0.15) is 11.1 Å². The van der Waals surface area contributed by atoms with Crippen molar-refractivity contribution < 1.29 is 34.8 Å². The number of hydrogen-bond acceptors (Lipinski definition) is 6. The first-order chi connectivity index (χ1) is 14.4. The van der Waals surface area contributed by atoms with E-state index in [0.29, 0.717) is 16.3 Å². The highest BCUT2D eigenvalue weighted by Crippen LogP contribution is 2.29. The van der Waals surface area contributed by atoms with Crippen LogP contribution in [0.2, 0.25) is 10.0 Å². The number of sulfone groups is 2. The maximum absolute atomic E-state index is 12.2. The second-order valence-corrected chi connectivity index (χ2v) is 11.8. The molecule has 0 saturated carbocycles. The Bertz CT molecular complexity index is 1200. The van der Waals surface area contributed by atoms with Crippen molar-refractivity contribution >= 4 is 60.2 Å². The van der Waals surface area contributed by atoms with E-state index in [1.807, 2.05) is 0 Å². The van der Waals surface area contributed by atoms with Crippen LogP contribution in [0, 0.1) is 0 Å². The van der Waals surface area contributed by atoms with Crippen LogP contribution >= 0.6 is 23.2 Å². The minimum absolute atomic E-state index is 0.00685. The van der Waals surface area contributed by atoms with Gasteiger partial charge in [-0.3, -0.25) is 4.79 Å². The molecule has 0 unspecified atom stereocenters.